The van der Waals surface area contributed by atoms with Gasteiger partial charge < -0.3 is 4.74 Å². The largest absolute Gasteiger partial charge is 0.427 e. The minimum Gasteiger partial charge on any atom is -0.427 e. The maximum Gasteiger partial charge on any atom is 0.308 e. The van der Waals surface area contributed by atoms with E-state index in [0.29, 0.717) is 5.75 Å². The molecule has 0 saturated carbocycles. The highest BCUT2D eigenvalue weighted by molar-refractivity contribution is 8.04. The first-order chi connectivity index (χ1) is 11.7. The summed E-state index contributed by atoms with van der Waals surface area (Å²) in [5.74, 6) is 0.290. The molecule has 1 heterocycles. The summed E-state index contributed by atoms with van der Waals surface area (Å²) in [6, 6.07) is 25.0. The summed E-state index contributed by atoms with van der Waals surface area (Å²) >= 11 is 1.83. The normalized spacial score (nSPS) is 13.0. The fraction of sp³-hybridized carbons (Fsp3) is 0.0500. The summed E-state index contributed by atoms with van der Waals surface area (Å²) < 4.78 is 5.16. The highest BCUT2D eigenvalue weighted by Crippen LogP contribution is 2.48. The van der Waals surface area contributed by atoms with Gasteiger partial charge in [-0.25, -0.2) is 0 Å². The maximum atomic E-state index is 11.1. The van der Waals surface area contributed by atoms with E-state index in [0.717, 1.165) is 0 Å². The Bertz CT molecular complexity index is 858. The smallest absolute Gasteiger partial charge is 0.308 e. The van der Waals surface area contributed by atoms with Gasteiger partial charge in [-0.1, -0.05) is 36.0 Å². The standard InChI is InChI=1S/C20H15O2S2/c1-14(21)22-15-10-12-16(13-11-15)24-19-8-4-2-6-17(19)23-18-7-3-5-9-20(18)24/h2-13H,1H3/q+1. The zero-order chi connectivity index (χ0) is 16.5. The van der Waals surface area contributed by atoms with E-state index in [1.807, 2.05) is 23.9 Å². The van der Waals surface area contributed by atoms with E-state index in [4.69, 9.17) is 4.74 Å². The molecule has 0 bridgehead atoms. The maximum absolute atomic E-state index is 11.1. The van der Waals surface area contributed by atoms with Crippen molar-refractivity contribution in [2.75, 3.05) is 0 Å². The lowest BCUT2D eigenvalue weighted by atomic mass is 10.3. The van der Waals surface area contributed by atoms with Crippen LogP contribution < -0.4 is 4.74 Å². The summed E-state index contributed by atoms with van der Waals surface area (Å²) in [5, 5.41) is 0. The van der Waals surface area contributed by atoms with Crippen molar-refractivity contribution in [2.45, 2.75) is 31.4 Å². The Hall–Kier alpha value is -2.17. The van der Waals surface area contributed by atoms with Gasteiger partial charge in [0.05, 0.1) is 9.79 Å². The molecule has 4 rings (SSSR count). The van der Waals surface area contributed by atoms with E-state index in [1.165, 1.54) is 31.4 Å². The first kappa shape index (κ1) is 15.4. The molecule has 3 aromatic carbocycles. The van der Waals surface area contributed by atoms with Crippen molar-refractivity contribution >= 4 is 28.6 Å². The highest BCUT2D eigenvalue weighted by atomic mass is 32.2. The average Bonchev–Trinajstić information content (AvgIpc) is 2.60. The first-order valence-electron chi connectivity index (χ1n) is 7.61. The summed E-state index contributed by atoms with van der Waals surface area (Å²) in [4.78, 5) is 17.6. The summed E-state index contributed by atoms with van der Waals surface area (Å²) in [5.41, 5.74) is 0. The second-order valence-corrected chi connectivity index (χ2v) is 8.41. The molecule has 0 spiro atoms. The lowest BCUT2D eigenvalue weighted by molar-refractivity contribution is -0.131. The second kappa shape index (κ2) is 6.38. The third kappa shape index (κ3) is 2.83. The van der Waals surface area contributed by atoms with Crippen molar-refractivity contribution in [2.24, 2.45) is 0 Å². The van der Waals surface area contributed by atoms with Crippen molar-refractivity contribution in [3.05, 3.63) is 72.8 Å². The van der Waals surface area contributed by atoms with Crippen LogP contribution in [-0.4, -0.2) is 5.97 Å². The predicted octanol–water partition coefficient (Wildman–Crippen LogP) is 5.17. The number of fused-ring (bicyclic) bond motifs is 2. The van der Waals surface area contributed by atoms with Crippen LogP contribution in [0.1, 0.15) is 6.92 Å². The van der Waals surface area contributed by atoms with Crippen molar-refractivity contribution < 1.29 is 9.53 Å². The van der Waals surface area contributed by atoms with Gasteiger partial charge in [0.25, 0.3) is 0 Å². The fourth-order valence-electron chi connectivity index (χ4n) is 2.71. The zero-order valence-electron chi connectivity index (χ0n) is 13.1. The molecule has 118 valence electrons. The lowest BCUT2D eigenvalue weighted by Gasteiger charge is -2.18. The zero-order valence-corrected chi connectivity index (χ0v) is 14.7. The Morgan fingerprint density at radius 1 is 0.833 bits per heavy atom. The van der Waals surface area contributed by atoms with Crippen LogP contribution in [0.3, 0.4) is 0 Å². The Morgan fingerprint density at radius 2 is 1.38 bits per heavy atom. The summed E-state index contributed by atoms with van der Waals surface area (Å²) in [6.07, 6.45) is 0. The topological polar surface area (TPSA) is 26.3 Å². The number of carbonyl (C=O) groups excluding carboxylic acids is 1. The van der Waals surface area contributed by atoms with Crippen LogP contribution in [0.5, 0.6) is 5.75 Å². The number of carbonyl (C=O) groups is 1. The molecule has 0 N–H and O–H groups in total. The Labute approximate surface area is 148 Å². The lowest BCUT2D eigenvalue weighted by Crippen LogP contribution is -2.11. The molecule has 0 atom stereocenters. The summed E-state index contributed by atoms with van der Waals surface area (Å²) in [7, 11) is -0.140. The van der Waals surface area contributed by atoms with E-state index < -0.39 is 0 Å². The van der Waals surface area contributed by atoms with E-state index in [2.05, 4.69) is 60.7 Å². The molecule has 0 fully saturated rings. The molecule has 4 heteroatoms. The van der Waals surface area contributed by atoms with Crippen LogP contribution in [0, 0.1) is 0 Å². The van der Waals surface area contributed by atoms with E-state index in [-0.39, 0.29) is 16.9 Å². The van der Waals surface area contributed by atoms with Gasteiger partial charge in [0.15, 0.2) is 14.7 Å². The molecular weight excluding hydrogens is 336 g/mol. The minimum atomic E-state index is -0.296. The Kier molecular flexibility index (Phi) is 4.08. The van der Waals surface area contributed by atoms with Gasteiger partial charge in [-0.3, -0.25) is 4.79 Å². The molecule has 2 nitrogen and oxygen atoms in total. The summed E-state index contributed by atoms with van der Waals surface area (Å²) in [6.45, 7) is 1.42. The third-order valence-electron chi connectivity index (χ3n) is 3.68. The predicted molar refractivity (Wildman–Crippen MR) is 96.9 cm³/mol. The third-order valence-corrected chi connectivity index (χ3v) is 7.42. The number of rotatable bonds is 2. The van der Waals surface area contributed by atoms with Gasteiger partial charge in [-0.05, 0) is 48.5 Å². The molecule has 0 unspecified atom stereocenters. The van der Waals surface area contributed by atoms with Gasteiger partial charge in [0, 0.05) is 6.92 Å². The number of ether oxygens (including phenoxy) is 1. The molecule has 0 amide bonds. The van der Waals surface area contributed by atoms with Gasteiger partial charge in [0.2, 0.25) is 0 Å². The molecule has 0 saturated heterocycles. The van der Waals surface area contributed by atoms with Crippen molar-refractivity contribution in [1.29, 1.82) is 0 Å². The fourth-order valence-corrected chi connectivity index (χ4v) is 6.45. The quantitative estimate of drug-likeness (QED) is 0.283. The molecule has 1 aliphatic heterocycles. The number of benzene rings is 3. The van der Waals surface area contributed by atoms with Crippen LogP contribution in [0.2, 0.25) is 0 Å². The van der Waals surface area contributed by atoms with Crippen molar-refractivity contribution in [3.63, 3.8) is 0 Å². The van der Waals surface area contributed by atoms with Gasteiger partial charge in [-0.15, -0.1) is 0 Å². The van der Waals surface area contributed by atoms with E-state index in [9.17, 15) is 4.79 Å². The Balaban J connectivity index is 1.81. The van der Waals surface area contributed by atoms with Gasteiger partial charge >= 0.3 is 5.97 Å². The average molecular weight is 351 g/mol. The van der Waals surface area contributed by atoms with Crippen molar-refractivity contribution in [3.8, 4) is 5.75 Å². The SMILES string of the molecule is CC(=O)Oc1ccc([S+]2c3ccccc3Sc3ccccc32)cc1. The number of esters is 1. The molecule has 3 aromatic rings. The van der Waals surface area contributed by atoms with Gasteiger partial charge in [-0.2, -0.15) is 0 Å². The number of hydrogen-bond acceptors (Lipinski definition) is 3. The van der Waals surface area contributed by atoms with Gasteiger partial charge in [0.1, 0.15) is 16.6 Å². The minimum absolute atomic E-state index is 0.140. The molecule has 0 radical (unpaired) electrons. The molecular formula is C20H15O2S2+. The Morgan fingerprint density at radius 3 is 1.92 bits per heavy atom. The molecule has 24 heavy (non-hydrogen) atoms. The van der Waals surface area contributed by atoms with Crippen LogP contribution in [0.25, 0.3) is 0 Å². The molecule has 0 aromatic heterocycles. The van der Waals surface area contributed by atoms with Crippen molar-refractivity contribution in [1.82, 2.24) is 0 Å². The van der Waals surface area contributed by atoms with Crippen LogP contribution in [0.15, 0.2) is 97.3 Å². The van der Waals surface area contributed by atoms with Crippen LogP contribution >= 0.6 is 11.8 Å². The number of hydrogen-bond donors (Lipinski definition) is 0. The first-order valence-corrected chi connectivity index (χ1v) is 9.65. The second-order valence-electron chi connectivity index (χ2n) is 5.37. The van der Waals surface area contributed by atoms with Crippen LogP contribution in [-0.2, 0) is 15.7 Å². The monoisotopic (exact) mass is 351 g/mol. The molecule has 1 aliphatic rings. The van der Waals surface area contributed by atoms with Crippen LogP contribution in [0.4, 0.5) is 0 Å². The molecule has 0 aliphatic carbocycles. The van der Waals surface area contributed by atoms with E-state index in [1.54, 1.807) is 0 Å². The van der Waals surface area contributed by atoms with E-state index >= 15 is 0 Å². The highest BCUT2D eigenvalue weighted by Gasteiger charge is 2.37.